The molecule has 8 nitrogen and oxygen atoms in total. The first kappa shape index (κ1) is 23.5. The van der Waals surface area contributed by atoms with E-state index in [0.29, 0.717) is 31.6 Å². The first-order chi connectivity index (χ1) is 14.5. The number of nitrogens with zero attached hydrogens (tertiary/aromatic N) is 1. The van der Waals surface area contributed by atoms with Crippen LogP contribution in [0.5, 0.6) is 5.75 Å². The highest BCUT2D eigenvalue weighted by Crippen LogP contribution is 2.50. The summed E-state index contributed by atoms with van der Waals surface area (Å²) < 4.78 is 31.1. The fourth-order valence-corrected chi connectivity index (χ4v) is 5.89. The largest absolute Gasteiger partial charge is 0.491 e. The van der Waals surface area contributed by atoms with E-state index in [-0.39, 0.29) is 42.0 Å². The normalized spacial score (nSPS) is 18.2. The van der Waals surface area contributed by atoms with Crippen LogP contribution in [0, 0.1) is 0 Å². The number of hydrogen-bond acceptors (Lipinski definition) is 6. The van der Waals surface area contributed by atoms with Gasteiger partial charge in [0.15, 0.2) is 9.84 Å². The van der Waals surface area contributed by atoms with E-state index in [1.165, 1.54) is 4.90 Å². The van der Waals surface area contributed by atoms with Crippen LogP contribution in [0.4, 0.5) is 4.79 Å². The molecule has 1 heterocycles. The maximum Gasteiger partial charge on any atom is 0.324 e. The van der Waals surface area contributed by atoms with Crippen molar-refractivity contribution in [3.63, 3.8) is 0 Å². The van der Waals surface area contributed by atoms with Gasteiger partial charge in [-0.1, -0.05) is 18.6 Å². The number of rotatable bonds is 12. The Hall–Kier alpha value is -2.13. The molecule has 2 aliphatic rings. The van der Waals surface area contributed by atoms with Crippen molar-refractivity contribution >= 4 is 21.8 Å². The Balaban J connectivity index is 1.47. The minimum atomic E-state index is -3.22. The molecule has 0 aromatic heterocycles. The highest BCUT2D eigenvalue weighted by Gasteiger charge is 2.47. The van der Waals surface area contributed by atoms with Crippen molar-refractivity contribution in [2.75, 3.05) is 31.2 Å². The van der Waals surface area contributed by atoms with Gasteiger partial charge in [0.05, 0.1) is 17.1 Å². The Labute approximate surface area is 183 Å². The lowest BCUT2D eigenvalue weighted by Gasteiger charge is -2.20. The molecular weight excluding hydrogens is 420 g/mol. The Morgan fingerprint density at radius 1 is 1.19 bits per heavy atom. The Morgan fingerprint density at radius 2 is 1.94 bits per heavy atom. The number of aliphatic hydroxyl groups is 1. The average Bonchev–Trinajstić information content (AvgIpc) is 3.37. The lowest BCUT2D eigenvalue weighted by Crippen LogP contribution is -2.29. The minimum Gasteiger partial charge on any atom is -0.491 e. The number of hydrogen-bond donors (Lipinski definition) is 2. The maximum atomic E-state index is 12.7. The first-order valence-corrected chi connectivity index (χ1v) is 12.6. The Morgan fingerprint density at radius 3 is 2.55 bits per heavy atom. The summed E-state index contributed by atoms with van der Waals surface area (Å²) in [7, 11) is -3.22. The number of urea groups is 1. The van der Waals surface area contributed by atoms with Crippen molar-refractivity contribution in [1.82, 2.24) is 10.2 Å². The smallest absolute Gasteiger partial charge is 0.324 e. The summed E-state index contributed by atoms with van der Waals surface area (Å²) in [5.74, 6) is 0.580. The van der Waals surface area contributed by atoms with Crippen molar-refractivity contribution in [2.45, 2.75) is 57.0 Å². The molecule has 0 atom stereocenters. The van der Waals surface area contributed by atoms with E-state index in [9.17, 15) is 23.1 Å². The average molecular weight is 453 g/mol. The molecule has 1 aromatic carbocycles. The number of sulfone groups is 1. The summed E-state index contributed by atoms with van der Waals surface area (Å²) in [5.41, 5.74) is -0.319. The third kappa shape index (κ3) is 6.93. The molecule has 0 unspecified atom stereocenters. The van der Waals surface area contributed by atoms with Gasteiger partial charge in [-0.15, -0.1) is 0 Å². The Kier molecular flexibility index (Phi) is 6.95. The van der Waals surface area contributed by atoms with Gasteiger partial charge in [0.25, 0.3) is 0 Å². The van der Waals surface area contributed by atoms with Gasteiger partial charge in [-0.2, -0.15) is 0 Å². The molecule has 0 bridgehead atoms. The van der Waals surface area contributed by atoms with Crippen LogP contribution in [0.25, 0.3) is 0 Å². The van der Waals surface area contributed by atoms with Crippen molar-refractivity contribution in [2.24, 2.45) is 0 Å². The van der Waals surface area contributed by atoms with Gasteiger partial charge in [-0.25, -0.2) is 13.2 Å². The third-order valence-corrected chi connectivity index (χ3v) is 7.54. The molecule has 2 N–H and O–H groups in total. The number of imide groups is 1. The molecular formula is C22H32N2O6S. The van der Waals surface area contributed by atoms with Crippen molar-refractivity contribution in [3.05, 3.63) is 29.8 Å². The molecule has 2 fully saturated rings. The molecule has 172 valence electrons. The predicted molar refractivity (Wildman–Crippen MR) is 117 cm³/mol. The topological polar surface area (TPSA) is 113 Å². The van der Waals surface area contributed by atoms with Crippen molar-refractivity contribution < 1.29 is 27.9 Å². The Bertz CT molecular complexity index is 918. The van der Waals surface area contributed by atoms with Crippen LogP contribution < -0.4 is 10.1 Å². The lowest BCUT2D eigenvalue weighted by molar-refractivity contribution is -0.118. The summed E-state index contributed by atoms with van der Waals surface area (Å²) in [5, 5.41) is 12.1. The van der Waals surface area contributed by atoms with Crippen LogP contribution >= 0.6 is 0 Å². The molecule has 1 saturated heterocycles. The number of benzene rings is 1. The van der Waals surface area contributed by atoms with Crippen LogP contribution in [-0.4, -0.2) is 67.2 Å². The molecule has 0 spiro atoms. The van der Waals surface area contributed by atoms with Crippen LogP contribution in [0.2, 0.25) is 0 Å². The first-order valence-electron chi connectivity index (χ1n) is 10.7. The summed E-state index contributed by atoms with van der Waals surface area (Å²) in [6.07, 6.45) is 3.56. The van der Waals surface area contributed by atoms with E-state index in [0.717, 1.165) is 18.4 Å². The monoisotopic (exact) mass is 452 g/mol. The van der Waals surface area contributed by atoms with Gasteiger partial charge < -0.3 is 14.7 Å². The fraction of sp³-hybridized carbons (Fsp3) is 0.636. The summed E-state index contributed by atoms with van der Waals surface area (Å²) in [4.78, 5) is 24.1. The molecule has 1 aliphatic carbocycles. The number of ether oxygens (including phenoxy) is 1. The van der Waals surface area contributed by atoms with E-state index in [1.807, 2.05) is 24.3 Å². The zero-order valence-electron chi connectivity index (χ0n) is 18.2. The molecule has 0 radical (unpaired) electrons. The summed E-state index contributed by atoms with van der Waals surface area (Å²) in [6, 6.07) is 7.13. The van der Waals surface area contributed by atoms with E-state index in [1.54, 1.807) is 13.8 Å². The lowest BCUT2D eigenvalue weighted by atomic mass is 9.98. The molecule has 1 aromatic rings. The standard InChI is InChI=1S/C22H32N2O6S/c1-21(2,27)15-30-18-8-6-7-17(13-18)22(9-10-22)16-31(28,29)12-5-3-4-11-24-14-19(25)23-20(24)26/h6-8,13,27H,3-5,9-12,14-16H2,1-2H3,(H,23,25,26). The third-order valence-electron chi connectivity index (χ3n) is 5.64. The molecule has 9 heteroatoms. The number of nitrogens with one attached hydrogen (secondary N) is 1. The fourth-order valence-electron chi connectivity index (χ4n) is 3.80. The second-order valence-electron chi connectivity index (χ2n) is 9.34. The number of carbonyl (C=O) groups is 2. The van der Waals surface area contributed by atoms with Crippen molar-refractivity contribution in [1.29, 1.82) is 0 Å². The second kappa shape index (κ2) is 9.16. The van der Waals surface area contributed by atoms with E-state index >= 15 is 0 Å². The quantitative estimate of drug-likeness (QED) is 0.371. The van der Waals surface area contributed by atoms with Crippen LogP contribution in [0.1, 0.15) is 51.5 Å². The van der Waals surface area contributed by atoms with Gasteiger partial charge in [-0.3, -0.25) is 10.1 Å². The SMILES string of the molecule is CC(C)(O)COc1cccc(C2(CS(=O)(=O)CCCCCN3CC(=O)NC3=O)CC2)c1. The summed E-state index contributed by atoms with van der Waals surface area (Å²) >= 11 is 0. The van der Waals surface area contributed by atoms with Gasteiger partial charge in [0.2, 0.25) is 5.91 Å². The van der Waals surface area contributed by atoms with Crippen LogP contribution in [-0.2, 0) is 20.0 Å². The molecule has 3 amide bonds. The number of amides is 3. The van der Waals surface area contributed by atoms with E-state index in [4.69, 9.17) is 4.74 Å². The molecule has 1 saturated carbocycles. The van der Waals surface area contributed by atoms with Crippen molar-refractivity contribution in [3.8, 4) is 5.75 Å². The zero-order valence-corrected chi connectivity index (χ0v) is 19.0. The predicted octanol–water partition coefficient (Wildman–Crippen LogP) is 2.00. The van der Waals surface area contributed by atoms with Crippen LogP contribution in [0.15, 0.2) is 24.3 Å². The maximum absolute atomic E-state index is 12.7. The second-order valence-corrected chi connectivity index (χ2v) is 11.5. The number of unbranched alkanes of at least 4 members (excludes halogenated alkanes) is 2. The molecule has 3 rings (SSSR count). The van der Waals surface area contributed by atoms with Gasteiger partial charge >= 0.3 is 6.03 Å². The zero-order chi connectivity index (χ0) is 22.7. The molecule has 1 aliphatic heterocycles. The van der Waals surface area contributed by atoms with Gasteiger partial charge in [-0.05, 0) is 57.2 Å². The highest BCUT2D eigenvalue weighted by molar-refractivity contribution is 7.91. The molecule has 31 heavy (non-hydrogen) atoms. The van der Waals surface area contributed by atoms with Gasteiger partial charge in [0, 0.05) is 12.0 Å². The van der Waals surface area contributed by atoms with E-state index < -0.39 is 15.4 Å². The number of carbonyl (C=O) groups excluding carboxylic acids is 2. The van der Waals surface area contributed by atoms with Gasteiger partial charge in [0.1, 0.15) is 18.9 Å². The van der Waals surface area contributed by atoms with Crippen LogP contribution in [0.3, 0.4) is 0 Å². The summed E-state index contributed by atoms with van der Waals surface area (Å²) in [6.45, 7) is 4.04. The minimum absolute atomic E-state index is 0.0816. The highest BCUT2D eigenvalue weighted by atomic mass is 32.2. The van der Waals surface area contributed by atoms with E-state index in [2.05, 4.69) is 5.32 Å².